The predicted octanol–water partition coefficient (Wildman–Crippen LogP) is 4.04. The molecule has 2 aromatic rings. The van der Waals surface area contributed by atoms with E-state index in [1.54, 1.807) is 6.92 Å². The maximum absolute atomic E-state index is 12.5. The van der Waals surface area contributed by atoms with E-state index in [1.165, 1.54) is 6.92 Å². The van der Waals surface area contributed by atoms with Crippen molar-refractivity contribution in [3.63, 3.8) is 0 Å². The molecule has 0 spiro atoms. The fourth-order valence-corrected chi connectivity index (χ4v) is 4.10. The lowest BCUT2D eigenvalue weighted by atomic mass is 9.70. The normalized spacial score (nSPS) is 16.2. The van der Waals surface area contributed by atoms with Gasteiger partial charge in [-0.2, -0.15) is 0 Å². The van der Waals surface area contributed by atoms with Crippen molar-refractivity contribution in [1.82, 2.24) is 4.90 Å². The van der Waals surface area contributed by atoms with Crippen molar-refractivity contribution in [2.45, 2.75) is 38.5 Å². The Kier molecular flexibility index (Phi) is 7.04. The van der Waals surface area contributed by atoms with Crippen LogP contribution >= 0.6 is 0 Å². The van der Waals surface area contributed by atoms with Crippen LogP contribution < -0.4 is 10.1 Å². The largest absolute Gasteiger partial charge is 0.493 e. The average Bonchev–Trinajstić information content (AvgIpc) is 2.72. The summed E-state index contributed by atoms with van der Waals surface area (Å²) in [5.74, 6) is 0.935. The number of nitrogens with zero attached hydrogens (tertiary/aromatic N) is 1. The number of carbonyl (C=O) groups is 2. The minimum absolute atomic E-state index is 0.0932. The van der Waals surface area contributed by atoms with E-state index in [1.807, 2.05) is 42.5 Å². The summed E-state index contributed by atoms with van der Waals surface area (Å²) in [6.45, 7) is 6.64. The van der Waals surface area contributed by atoms with Crippen molar-refractivity contribution in [2.75, 3.05) is 31.6 Å². The fourth-order valence-electron chi connectivity index (χ4n) is 4.10. The van der Waals surface area contributed by atoms with Crippen molar-refractivity contribution < 1.29 is 14.3 Å². The smallest absolute Gasteiger partial charge is 0.221 e. The van der Waals surface area contributed by atoms with E-state index in [2.05, 4.69) is 22.3 Å². The van der Waals surface area contributed by atoms with Crippen LogP contribution in [0.25, 0.3) is 0 Å². The molecule has 1 amide bonds. The standard InChI is InChI=1S/C24H30N2O3/c1-19(27)24(21-8-4-3-5-9-21)12-15-26(16-13-24)14-7-17-29-23-11-6-10-22(18-23)25-20(2)28/h3-6,8-11,18H,7,12-17H2,1-2H3,(H,25,28). The van der Waals surface area contributed by atoms with E-state index >= 15 is 0 Å². The molecule has 1 fully saturated rings. The molecule has 0 atom stereocenters. The van der Waals surface area contributed by atoms with Crippen LogP contribution in [0.4, 0.5) is 5.69 Å². The zero-order valence-electron chi connectivity index (χ0n) is 17.3. The summed E-state index contributed by atoms with van der Waals surface area (Å²) in [7, 11) is 0. The molecule has 0 bridgehead atoms. The van der Waals surface area contributed by atoms with Gasteiger partial charge in [-0.05, 0) is 57.0 Å². The van der Waals surface area contributed by atoms with Crippen LogP contribution in [0.15, 0.2) is 54.6 Å². The van der Waals surface area contributed by atoms with Crippen molar-refractivity contribution in [3.05, 3.63) is 60.2 Å². The van der Waals surface area contributed by atoms with Crippen molar-refractivity contribution in [2.24, 2.45) is 0 Å². The Hall–Kier alpha value is -2.66. The molecule has 0 saturated carbocycles. The van der Waals surface area contributed by atoms with E-state index in [-0.39, 0.29) is 17.1 Å². The van der Waals surface area contributed by atoms with Gasteiger partial charge in [0.05, 0.1) is 12.0 Å². The van der Waals surface area contributed by atoms with E-state index < -0.39 is 0 Å². The number of hydrogen-bond acceptors (Lipinski definition) is 4. The van der Waals surface area contributed by atoms with Gasteiger partial charge < -0.3 is 15.0 Å². The van der Waals surface area contributed by atoms with Gasteiger partial charge in [-0.25, -0.2) is 0 Å². The lowest BCUT2D eigenvalue weighted by Crippen LogP contribution is -2.46. The first-order chi connectivity index (χ1) is 14.0. The number of hydrogen-bond donors (Lipinski definition) is 1. The third-order valence-electron chi connectivity index (χ3n) is 5.75. The van der Waals surface area contributed by atoms with Gasteiger partial charge in [-0.1, -0.05) is 36.4 Å². The number of anilines is 1. The quantitative estimate of drug-likeness (QED) is 0.687. The molecular weight excluding hydrogens is 364 g/mol. The summed E-state index contributed by atoms with van der Waals surface area (Å²) in [5.41, 5.74) is 1.56. The Balaban J connectivity index is 1.46. The van der Waals surface area contributed by atoms with Crippen LogP contribution in [0.3, 0.4) is 0 Å². The molecule has 1 aliphatic heterocycles. The highest BCUT2D eigenvalue weighted by Gasteiger charge is 2.40. The Labute approximate surface area is 173 Å². The average molecular weight is 395 g/mol. The predicted molar refractivity (Wildman–Crippen MR) is 115 cm³/mol. The second kappa shape index (κ2) is 9.70. The lowest BCUT2D eigenvalue weighted by molar-refractivity contribution is -0.124. The van der Waals surface area contributed by atoms with Crippen LogP contribution in [-0.2, 0) is 15.0 Å². The van der Waals surface area contributed by atoms with Gasteiger partial charge in [-0.15, -0.1) is 0 Å². The maximum atomic E-state index is 12.5. The number of carbonyl (C=O) groups excluding carboxylic acids is 2. The number of nitrogens with one attached hydrogen (secondary N) is 1. The van der Waals surface area contributed by atoms with E-state index in [9.17, 15) is 9.59 Å². The number of Topliss-reactive ketones (excluding diaryl/α,β-unsaturated/α-hetero) is 1. The van der Waals surface area contributed by atoms with Crippen LogP contribution in [0.5, 0.6) is 5.75 Å². The number of likely N-dealkylation sites (tertiary alicyclic amines) is 1. The fraction of sp³-hybridized carbons (Fsp3) is 0.417. The maximum Gasteiger partial charge on any atom is 0.221 e. The number of ether oxygens (including phenoxy) is 1. The topological polar surface area (TPSA) is 58.6 Å². The van der Waals surface area contributed by atoms with E-state index in [0.29, 0.717) is 6.61 Å². The Morgan fingerprint density at radius 3 is 2.41 bits per heavy atom. The summed E-state index contributed by atoms with van der Waals surface area (Å²) in [5, 5.41) is 2.76. The zero-order valence-corrected chi connectivity index (χ0v) is 17.3. The number of rotatable bonds is 8. The van der Waals surface area contributed by atoms with Crippen molar-refractivity contribution in [1.29, 1.82) is 0 Å². The molecule has 154 valence electrons. The molecule has 29 heavy (non-hydrogen) atoms. The molecule has 2 aromatic carbocycles. The molecule has 5 nitrogen and oxygen atoms in total. The molecule has 1 aliphatic rings. The summed E-state index contributed by atoms with van der Waals surface area (Å²) < 4.78 is 5.84. The van der Waals surface area contributed by atoms with Gasteiger partial charge in [0, 0.05) is 25.2 Å². The van der Waals surface area contributed by atoms with Crippen LogP contribution in [0.2, 0.25) is 0 Å². The molecule has 1 heterocycles. The number of benzene rings is 2. The summed E-state index contributed by atoms with van der Waals surface area (Å²) in [6.07, 6.45) is 2.65. The zero-order chi connectivity index (χ0) is 20.7. The Morgan fingerprint density at radius 2 is 1.76 bits per heavy atom. The highest BCUT2D eigenvalue weighted by atomic mass is 16.5. The molecule has 5 heteroatoms. The summed E-state index contributed by atoms with van der Waals surface area (Å²) in [4.78, 5) is 26.1. The minimum atomic E-state index is -0.335. The van der Waals surface area contributed by atoms with Gasteiger partial charge in [-0.3, -0.25) is 9.59 Å². The van der Waals surface area contributed by atoms with E-state index in [4.69, 9.17) is 4.74 Å². The van der Waals surface area contributed by atoms with Crippen molar-refractivity contribution in [3.8, 4) is 5.75 Å². The van der Waals surface area contributed by atoms with Crippen LogP contribution in [0, 0.1) is 0 Å². The molecular formula is C24H30N2O3. The molecule has 0 aromatic heterocycles. The van der Waals surface area contributed by atoms with Crippen LogP contribution in [0.1, 0.15) is 38.7 Å². The second-order valence-corrected chi connectivity index (χ2v) is 7.76. The monoisotopic (exact) mass is 394 g/mol. The molecule has 0 unspecified atom stereocenters. The van der Waals surface area contributed by atoms with Crippen molar-refractivity contribution >= 4 is 17.4 Å². The third kappa shape index (κ3) is 5.45. The number of piperidine rings is 1. The Bertz CT molecular complexity index is 827. The van der Waals surface area contributed by atoms with Crippen LogP contribution in [-0.4, -0.2) is 42.8 Å². The highest BCUT2D eigenvalue weighted by molar-refractivity contribution is 5.89. The van der Waals surface area contributed by atoms with Gasteiger partial charge in [0.25, 0.3) is 0 Å². The number of ketones is 1. The molecule has 0 aliphatic carbocycles. The summed E-state index contributed by atoms with van der Waals surface area (Å²) >= 11 is 0. The lowest BCUT2D eigenvalue weighted by Gasteiger charge is -2.40. The molecule has 1 N–H and O–H groups in total. The highest BCUT2D eigenvalue weighted by Crippen LogP contribution is 2.36. The first-order valence-electron chi connectivity index (χ1n) is 10.3. The molecule has 3 rings (SSSR count). The van der Waals surface area contributed by atoms with Gasteiger partial charge in [0.1, 0.15) is 11.5 Å². The molecule has 0 radical (unpaired) electrons. The second-order valence-electron chi connectivity index (χ2n) is 7.76. The van der Waals surface area contributed by atoms with Gasteiger partial charge >= 0.3 is 0 Å². The third-order valence-corrected chi connectivity index (χ3v) is 5.75. The SMILES string of the molecule is CC(=O)Nc1cccc(OCCCN2CCC(C(C)=O)(c3ccccc3)CC2)c1. The molecule has 1 saturated heterocycles. The minimum Gasteiger partial charge on any atom is -0.493 e. The van der Waals surface area contributed by atoms with Gasteiger partial charge in [0.15, 0.2) is 0 Å². The summed E-state index contributed by atoms with van der Waals surface area (Å²) in [6, 6.07) is 17.6. The van der Waals surface area contributed by atoms with Gasteiger partial charge in [0.2, 0.25) is 5.91 Å². The Morgan fingerprint density at radius 1 is 1.03 bits per heavy atom. The van der Waals surface area contributed by atoms with E-state index in [0.717, 1.165) is 55.9 Å². The first kappa shape index (κ1) is 21.1. The first-order valence-corrected chi connectivity index (χ1v) is 10.3. The number of amides is 1.